The van der Waals surface area contributed by atoms with Gasteiger partial charge in [-0.25, -0.2) is 9.78 Å². The summed E-state index contributed by atoms with van der Waals surface area (Å²) >= 11 is 0. The highest BCUT2D eigenvalue weighted by atomic mass is 16.6. The molecule has 0 aliphatic carbocycles. The topological polar surface area (TPSA) is 73.7 Å². The predicted octanol–water partition coefficient (Wildman–Crippen LogP) is 3.03. The highest BCUT2D eigenvalue weighted by Crippen LogP contribution is 2.17. The second-order valence-corrected chi connectivity index (χ2v) is 9.13. The summed E-state index contributed by atoms with van der Waals surface area (Å²) in [6.45, 7) is 8.71. The molecule has 1 unspecified atom stereocenters. The summed E-state index contributed by atoms with van der Waals surface area (Å²) in [5, 5.41) is 0.556. The minimum Gasteiger partial charge on any atom is -0.459 e. The fourth-order valence-electron chi connectivity index (χ4n) is 4.54. The lowest BCUT2D eigenvalue weighted by Gasteiger charge is -2.33. The monoisotopic (exact) mass is 427 g/mol. The molecule has 2 aromatic rings. The molecule has 2 aliphatic rings. The van der Waals surface area contributed by atoms with Crippen LogP contribution in [-0.4, -0.2) is 59.4 Å². The Kier molecular flexibility index (Phi) is 7.02. The second-order valence-electron chi connectivity index (χ2n) is 9.13. The number of carbonyl (C=O) groups is 1. The first-order chi connectivity index (χ1) is 15.0. The first kappa shape index (κ1) is 22.0. The Morgan fingerprint density at radius 1 is 1.23 bits per heavy atom. The number of hydrogen-bond acceptors (Lipinski definition) is 6. The van der Waals surface area contributed by atoms with Gasteiger partial charge in [0.2, 0.25) is 0 Å². The summed E-state index contributed by atoms with van der Waals surface area (Å²) in [7, 11) is 0. The van der Waals surface area contributed by atoms with Crippen LogP contribution in [0, 0.1) is 5.92 Å². The van der Waals surface area contributed by atoms with Crippen LogP contribution < -0.4 is 5.56 Å². The highest BCUT2D eigenvalue weighted by Gasteiger charge is 2.23. The SMILES string of the molecule is CC(C)CN1CCOC(COC(=O)c2ccc3c(=O)n4c(nc3c2)CCCCCC4)C1. The zero-order valence-electron chi connectivity index (χ0n) is 18.6. The number of fused-ring (bicyclic) bond motifs is 2. The number of ether oxygens (including phenoxy) is 2. The van der Waals surface area contributed by atoms with Crippen molar-refractivity contribution in [3.8, 4) is 0 Å². The van der Waals surface area contributed by atoms with Crippen molar-refractivity contribution in [2.75, 3.05) is 32.8 Å². The lowest BCUT2D eigenvalue weighted by Crippen LogP contribution is -2.45. The Morgan fingerprint density at radius 3 is 2.90 bits per heavy atom. The van der Waals surface area contributed by atoms with Crippen molar-refractivity contribution in [3.05, 3.63) is 39.9 Å². The van der Waals surface area contributed by atoms with Crippen molar-refractivity contribution in [1.82, 2.24) is 14.5 Å². The van der Waals surface area contributed by atoms with E-state index >= 15 is 0 Å². The average molecular weight is 428 g/mol. The van der Waals surface area contributed by atoms with E-state index in [1.165, 1.54) is 0 Å². The third-order valence-corrected chi connectivity index (χ3v) is 6.05. The molecule has 1 saturated heterocycles. The predicted molar refractivity (Wildman–Crippen MR) is 119 cm³/mol. The summed E-state index contributed by atoms with van der Waals surface area (Å²) in [6, 6.07) is 5.05. The Hall–Kier alpha value is -2.25. The van der Waals surface area contributed by atoms with E-state index < -0.39 is 5.97 Å². The minimum atomic E-state index is -0.403. The number of carbonyl (C=O) groups excluding carboxylic acids is 1. The van der Waals surface area contributed by atoms with Gasteiger partial charge in [0.05, 0.1) is 23.1 Å². The van der Waals surface area contributed by atoms with Gasteiger partial charge in [0.25, 0.3) is 5.56 Å². The van der Waals surface area contributed by atoms with Gasteiger partial charge < -0.3 is 9.47 Å². The molecule has 0 N–H and O–H groups in total. The van der Waals surface area contributed by atoms with Gasteiger partial charge in [-0.15, -0.1) is 0 Å². The second kappa shape index (κ2) is 9.92. The molecule has 2 aliphatic heterocycles. The molecule has 31 heavy (non-hydrogen) atoms. The molecular weight excluding hydrogens is 394 g/mol. The summed E-state index contributed by atoms with van der Waals surface area (Å²) in [5.41, 5.74) is 0.982. The Labute approximate surface area is 183 Å². The molecular formula is C24H33N3O4. The van der Waals surface area contributed by atoms with E-state index in [9.17, 15) is 9.59 Å². The zero-order valence-corrected chi connectivity index (χ0v) is 18.6. The van der Waals surface area contributed by atoms with Crippen molar-refractivity contribution in [2.24, 2.45) is 5.92 Å². The largest absolute Gasteiger partial charge is 0.459 e. The highest BCUT2D eigenvalue weighted by molar-refractivity contribution is 5.94. The molecule has 0 bridgehead atoms. The van der Waals surface area contributed by atoms with E-state index in [1.807, 2.05) is 4.57 Å². The molecule has 7 nitrogen and oxygen atoms in total. The van der Waals surface area contributed by atoms with Crippen molar-refractivity contribution >= 4 is 16.9 Å². The molecule has 0 amide bonds. The average Bonchev–Trinajstić information content (AvgIpc) is 2.73. The lowest BCUT2D eigenvalue weighted by molar-refractivity contribution is -0.0612. The first-order valence-corrected chi connectivity index (χ1v) is 11.6. The van der Waals surface area contributed by atoms with Gasteiger partial charge in [0.15, 0.2) is 0 Å². The van der Waals surface area contributed by atoms with E-state index in [0.29, 0.717) is 29.0 Å². The third-order valence-electron chi connectivity index (χ3n) is 6.05. The minimum absolute atomic E-state index is 0.0114. The van der Waals surface area contributed by atoms with Crippen LogP contribution in [0.2, 0.25) is 0 Å². The Morgan fingerprint density at radius 2 is 2.06 bits per heavy atom. The van der Waals surface area contributed by atoms with Gasteiger partial charge in [-0.05, 0) is 37.0 Å². The van der Waals surface area contributed by atoms with Crippen LogP contribution >= 0.6 is 0 Å². The smallest absolute Gasteiger partial charge is 0.338 e. The maximum Gasteiger partial charge on any atom is 0.338 e. The van der Waals surface area contributed by atoms with E-state index in [4.69, 9.17) is 14.5 Å². The van der Waals surface area contributed by atoms with E-state index in [1.54, 1.807) is 18.2 Å². The fraction of sp³-hybridized carbons (Fsp3) is 0.625. The maximum absolute atomic E-state index is 12.9. The molecule has 0 spiro atoms. The van der Waals surface area contributed by atoms with Crippen LogP contribution in [0.5, 0.6) is 0 Å². The summed E-state index contributed by atoms with van der Waals surface area (Å²) in [4.78, 5) is 32.7. The number of rotatable bonds is 5. The molecule has 7 heteroatoms. The summed E-state index contributed by atoms with van der Waals surface area (Å²) < 4.78 is 13.1. The zero-order chi connectivity index (χ0) is 21.8. The number of nitrogens with zero attached hydrogens (tertiary/aromatic N) is 3. The molecule has 168 valence electrons. The summed E-state index contributed by atoms with van der Waals surface area (Å²) in [6.07, 6.45) is 5.04. The van der Waals surface area contributed by atoms with Gasteiger partial charge >= 0.3 is 5.97 Å². The van der Waals surface area contributed by atoms with E-state index in [-0.39, 0.29) is 18.3 Å². The maximum atomic E-state index is 12.9. The molecule has 1 fully saturated rings. The number of morpholine rings is 1. The van der Waals surface area contributed by atoms with Crippen molar-refractivity contribution in [3.63, 3.8) is 0 Å². The van der Waals surface area contributed by atoms with Crippen molar-refractivity contribution in [1.29, 1.82) is 0 Å². The molecule has 1 aromatic carbocycles. The quantitative estimate of drug-likeness (QED) is 0.683. The number of esters is 1. The third kappa shape index (κ3) is 5.33. The van der Waals surface area contributed by atoms with Crippen LogP contribution in [0.3, 0.4) is 0 Å². The van der Waals surface area contributed by atoms with Crippen molar-refractivity contribution in [2.45, 2.75) is 58.6 Å². The van der Waals surface area contributed by atoms with Gasteiger partial charge in [-0.1, -0.05) is 26.7 Å². The number of benzene rings is 1. The standard InChI is InChI=1S/C24H33N3O4/c1-17(2)14-26-11-12-30-19(15-26)16-31-24(29)18-8-9-20-21(13-18)25-22-7-5-3-4-6-10-27(22)23(20)28/h8-9,13,17,19H,3-7,10-12,14-16H2,1-2H3. The normalized spacial score (nSPS) is 20.3. The molecule has 1 aromatic heterocycles. The van der Waals surface area contributed by atoms with Gasteiger partial charge in [-0.3, -0.25) is 14.3 Å². The lowest BCUT2D eigenvalue weighted by atomic mass is 10.1. The number of aromatic nitrogens is 2. The van der Waals surface area contributed by atoms with Crippen LogP contribution in [0.15, 0.2) is 23.0 Å². The van der Waals surface area contributed by atoms with Crippen LogP contribution in [0.1, 0.15) is 55.7 Å². The van der Waals surface area contributed by atoms with Crippen LogP contribution in [0.25, 0.3) is 10.9 Å². The van der Waals surface area contributed by atoms with E-state index in [0.717, 1.165) is 64.1 Å². The summed E-state index contributed by atoms with van der Waals surface area (Å²) in [5.74, 6) is 1.01. The molecule has 3 heterocycles. The number of hydrogen-bond donors (Lipinski definition) is 0. The van der Waals surface area contributed by atoms with Crippen molar-refractivity contribution < 1.29 is 14.3 Å². The Bertz CT molecular complexity index is 985. The van der Waals surface area contributed by atoms with Gasteiger partial charge in [0.1, 0.15) is 18.5 Å². The Balaban J connectivity index is 1.46. The van der Waals surface area contributed by atoms with Crippen LogP contribution in [0.4, 0.5) is 0 Å². The molecule has 4 rings (SSSR count). The fourth-order valence-corrected chi connectivity index (χ4v) is 4.54. The van der Waals surface area contributed by atoms with E-state index in [2.05, 4.69) is 18.7 Å². The molecule has 0 radical (unpaired) electrons. The van der Waals surface area contributed by atoms with Gasteiger partial charge in [0, 0.05) is 32.6 Å². The van der Waals surface area contributed by atoms with Gasteiger partial charge in [-0.2, -0.15) is 0 Å². The molecule has 1 atom stereocenters. The van der Waals surface area contributed by atoms with Crippen LogP contribution in [-0.2, 0) is 22.4 Å². The first-order valence-electron chi connectivity index (χ1n) is 11.6. The number of aryl methyl sites for hydroxylation is 1. The molecule has 0 saturated carbocycles.